The third kappa shape index (κ3) is 4.57. The van der Waals surface area contributed by atoms with Gasteiger partial charge in [0.2, 0.25) is 0 Å². The van der Waals surface area contributed by atoms with Crippen molar-refractivity contribution < 1.29 is 10.2 Å². The first-order valence-electron chi connectivity index (χ1n) is 9.01. The molecule has 22 heavy (non-hydrogen) atoms. The Balaban J connectivity index is 3.20. The average Bonchev–Trinajstić information content (AvgIpc) is 2.48. The summed E-state index contributed by atoms with van der Waals surface area (Å²) in [6.07, 6.45) is 6.89. The molecule has 0 aliphatic heterocycles. The molecule has 0 aromatic heterocycles. The lowest BCUT2D eigenvalue weighted by Gasteiger charge is -2.32. The van der Waals surface area contributed by atoms with Gasteiger partial charge in [0.15, 0.2) is 0 Å². The summed E-state index contributed by atoms with van der Waals surface area (Å²) >= 11 is 0. The van der Waals surface area contributed by atoms with E-state index in [4.69, 9.17) is 0 Å². The van der Waals surface area contributed by atoms with Gasteiger partial charge in [-0.1, -0.05) is 77.6 Å². The summed E-state index contributed by atoms with van der Waals surface area (Å²) in [7, 11) is 0. The molecule has 0 saturated carbocycles. The minimum absolute atomic E-state index is 0.765. The predicted molar refractivity (Wildman–Crippen MR) is 93.9 cm³/mol. The molecule has 1 aromatic rings. The number of hydrogen-bond donors (Lipinski definition) is 2. The minimum Gasteiger partial charge on any atom is -0.385 e. The fourth-order valence-electron chi connectivity index (χ4n) is 3.58. The smallest absolute Gasteiger partial charge is 0.0896 e. The maximum Gasteiger partial charge on any atom is 0.0896 e. The molecule has 2 nitrogen and oxygen atoms in total. The van der Waals surface area contributed by atoms with E-state index in [1.165, 1.54) is 0 Å². The average molecular weight is 306 g/mol. The summed E-state index contributed by atoms with van der Waals surface area (Å²) in [4.78, 5) is 0. The van der Waals surface area contributed by atoms with E-state index in [1.54, 1.807) is 0 Å². The Kier molecular flexibility index (Phi) is 7.58. The number of aliphatic hydroxyl groups is 2. The molecular formula is C20H34O2. The standard InChI is InChI=1S/C20H34O2/c1-5-12-19(21,13-6-2)17-10-9-11-18(16-17)20(22,14-7-3)15-8-4/h9-11,16,21-22H,5-8,12-15H2,1-4H3. The van der Waals surface area contributed by atoms with Crippen LogP contribution in [0.4, 0.5) is 0 Å². The second kappa shape index (κ2) is 8.69. The Morgan fingerprint density at radius 1 is 0.682 bits per heavy atom. The molecule has 126 valence electrons. The molecule has 0 aliphatic rings. The van der Waals surface area contributed by atoms with Crippen LogP contribution in [0, 0.1) is 0 Å². The molecule has 0 amide bonds. The van der Waals surface area contributed by atoms with E-state index in [9.17, 15) is 10.2 Å². The van der Waals surface area contributed by atoms with Crippen molar-refractivity contribution in [3.63, 3.8) is 0 Å². The van der Waals surface area contributed by atoms with Gasteiger partial charge in [-0.3, -0.25) is 0 Å². The van der Waals surface area contributed by atoms with Crippen molar-refractivity contribution in [3.05, 3.63) is 35.4 Å². The zero-order valence-electron chi connectivity index (χ0n) is 14.9. The lowest BCUT2D eigenvalue weighted by atomic mass is 9.80. The van der Waals surface area contributed by atoms with Crippen molar-refractivity contribution in [2.75, 3.05) is 0 Å². The van der Waals surface area contributed by atoms with Gasteiger partial charge in [0.1, 0.15) is 0 Å². The monoisotopic (exact) mass is 306 g/mol. The topological polar surface area (TPSA) is 40.5 Å². The molecule has 0 atom stereocenters. The van der Waals surface area contributed by atoms with E-state index in [1.807, 2.05) is 24.3 Å². The van der Waals surface area contributed by atoms with Crippen LogP contribution in [0.15, 0.2) is 24.3 Å². The molecule has 0 unspecified atom stereocenters. The van der Waals surface area contributed by atoms with E-state index in [0.717, 1.165) is 62.5 Å². The third-order valence-electron chi connectivity index (χ3n) is 4.59. The summed E-state index contributed by atoms with van der Waals surface area (Å²) in [5, 5.41) is 22.1. The van der Waals surface area contributed by atoms with Gasteiger partial charge in [0.25, 0.3) is 0 Å². The van der Waals surface area contributed by atoms with Crippen LogP contribution in [0.3, 0.4) is 0 Å². The fraction of sp³-hybridized carbons (Fsp3) is 0.700. The van der Waals surface area contributed by atoms with Crippen LogP contribution >= 0.6 is 0 Å². The maximum absolute atomic E-state index is 11.1. The van der Waals surface area contributed by atoms with Crippen molar-refractivity contribution in [1.29, 1.82) is 0 Å². The number of rotatable bonds is 10. The Bertz CT molecular complexity index is 390. The number of benzene rings is 1. The first-order chi connectivity index (χ1) is 10.5. The lowest BCUT2D eigenvalue weighted by Crippen LogP contribution is -2.28. The molecule has 1 aromatic carbocycles. The minimum atomic E-state index is -0.765. The predicted octanol–water partition coefficient (Wildman–Crippen LogP) is 5.26. The van der Waals surface area contributed by atoms with Crippen molar-refractivity contribution in [1.82, 2.24) is 0 Å². The highest BCUT2D eigenvalue weighted by atomic mass is 16.3. The molecule has 0 heterocycles. The quantitative estimate of drug-likeness (QED) is 0.619. The zero-order valence-corrected chi connectivity index (χ0v) is 14.9. The first-order valence-corrected chi connectivity index (χ1v) is 9.01. The van der Waals surface area contributed by atoms with Crippen molar-refractivity contribution >= 4 is 0 Å². The molecule has 1 rings (SSSR count). The zero-order chi connectivity index (χ0) is 16.6. The van der Waals surface area contributed by atoms with Crippen LogP contribution in [0.2, 0.25) is 0 Å². The Hall–Kier alpha value is -0.860. The van der Waals surface area contributed by atoms with E-state index in [-0.39, 0.29) is 0 Å². The van der Waals surface area contributed by atoms with Crippen LogP contribution < -0.4 is 0 Å². The molecule has 2 heteroatoms. The van der Waals surface area contributed by atoms with Crippen molar-refractivity contribution in [2.24, 2.45) is 0 Å². The fourth-order valence-corrected chi connectivity index (χ4v) is 3.58. The summed E-state index contributed by atoms with van der Waals surface area (Å²) in [5.74, 6) is 0. The van der Waals surface area contributed by atoms with Gasteiger partial charge < -0.3 is 10.2 Å². The second-order valence-corrected chi connectivity index (χ2v) is 6.64. The molecule has 0 saturated heterocycles. The SMILES string of the molecule is CCCC(O)(CCC)c1cccc(C(O)(CCC)CCC)c1. The summed E-state index contributed by atoms with van der Waals surface area (Å²) < 4.78 is 0. The molecule has 0 bridgehead atoms. The molecule has 0 spiro atoms. The van der Waals surface area contributed by atoms with Crippen LogP contribution in [-0.2, 0) is 11.2 Å². The van der Waals surface area contributed by atoms with Gasteiger partial charge in [0.05, 0.1) is 11.2 Å². The maximum atomic E-state index is 11.1. The Labute approximate surface area is 136 Å². The highest BCUT2D eigenvalue weighted by Gasteiger charge is 2.31. The van der Waals surface area contributed by atoms with Gasteiger partial charge in [-0.05, 0) is 36.8 Å². The van der Waals surface area contributed by atoms with Gasteiger partial charge in [-0.25, -0.2) is 0 Å². The van der Waals surface area contributed by atoms with E-state index in [0.29, 0.717) is 0 Å². The highest BCUT2D eigenvalue weighted by Crippen LogP contribution is 2.36. The second-order valence-electron chi connectivity index (χ2n) is 6.64. The van der Waals surface area contributed by atoms with Gasteiger partial charge in [0, 0.05) is 0 Å². The lowest BCUT2D eigenvalue weighted by molar-refractivity contribution is 0.0105. The van der Waals surface area contributed by atoms with Crippen LogP contribution in [0.25, 0.3) is 0 Å². The highest BCUT2D eigenvalue weighted by molar-refractivity contribution is 5.32. The van der Waals surface area contributed by atoms with Gasteiger partial charge in [-0.15, -0.1) is 0 Å². The normalized spacial score (nSPS) is 12.6. The number of hydrogen-bond acceptors (Lipinski definition) is 2. The van der Waals surface area contributed by atoms with E-state index in [2.05, 4.69) is 27.7 Å². The van der Waals surface area contributed by atoms with E-state index < -0.39 is 11.2 Å². The molecule has 0 radical (unpaired) electrons. The molecular weight excluding hydrogens is 272 g/mol. The molecule has 0 aliphatic carbocycles. The van der Waals surface area contributed by atoms with Crippen LogP contribution in [0.5, 0.6) is 0 Å². The van der Waals surface area contributed by atoms with Crippen LogP contribution in [-0.4, -0.2) is 10.2 Å². The van der Waals surface area contributed by atoms with E-state index >= 15 is 0 Å². The summed E-state index contributed by atoms with van der Waals surface area (Å²) in [6.45, 7) is 8.42. The first kappa shape index (κ1) is 19.2. The summed E-state index contributed by atoms with van der Waals surface area (Å²) in [5.41, 5.74) is 0.385. The molecule has 2 N–H and O–H groups in total. The Morgan fingerprint density at radius 2 is 1.00 bits per heavy atom. The van der Waals surface area contributed by atoms with Gasteiger partial charge in [-0.2, -0.15) is 0 Å². The van der Waals surface area contributed by atoms with Crippen molar-refractivity contribution in [2.45, 2.75) is 90.3 Å². The summed E-state index contributed by atoms with van der Waals surface area (Å²) in [6, 6.07) is 8.04. The third-order valence-corrected chi connectivity index (χ3v) is 4.59. The van der Waals surface area contributed by atoms with Gasteiger partial charge >= 0.3 is 0 Å². The van der Waals surface area contributed by atoms with Crippen LogP contribution in [0.1, 0.15) is 90.2 Å². The molecule has 0 fully saturated rings. The Morgan fingerprint density at radius 3 is 1.27 bits per heavy atom. The largest absolute Gasteiger partial charge is 0.385 e. The van der Waals surface area contributed by atoms with Crippen molar-refractivity contribution in [3.8, 4) is 0 Å².